The summed E-state index contributed by atoms with van der Waals surface area (Å²) in [5.74, 6) is -0.412. The monoisotopic (exact) mass is 410 g/mol. The van der Waals surface area contributed by atoms with E-state index in [0.29, 0.717) is 12.8 Å². The highest BCUT2D eigenvalue weighted by molar-refractivity contribution is 6.20. The molecule has 0 aromatic heterocycles. The Hall–Kier alpha value is -0.480. The van der Waals surface area contributed by atoms with Crippen molar-refractivity contribution in [1.82, 2.24) is 0 Å². The number of esters is 2. The van der Waals surface area contributed by atoms with Crippen LogP contribution in [0.15, 0.2) is 0 Å². The molecule has 0 aliphatic carbocycles. The lowest BCUT2D eigenvalue weighted by Gasteiger charge is -2.11. The minimum Gasteiger partial charge on any atom is -0.446 e. The fourth-order valence-corrected chi connectivity index (χ4v) is 3.00. The molecule has 0 radical (unpaired) electrons. The number of alkyl halides is 2. The fourth-order valence-electron chi connectivity index (χ4n) is 2.50. The normalized spacial score (nSPS) is 13.2. The summed E-state index contributed by atoms with van der Waals surface area (Å²) in [6.07, 6.45) is 12.1. The van der Waals surface area contributed by atoms with Gasteiger partial charge in [0.2, 0.25) is 0 Å². The standard InChI is InChI=1S/C20H36Cl2O4/c1-3-5-13-17(21)25-19(23)15-11-9-7-8-10-12-16-20(24)26-18(22)14-6-4-2/h17-18H,3-16H2,1-2H3. The average Bonchev–Trinajstić information content (AvgIpc) is 2.60. The van der Waals surface area contributed by atoms with Gasteiger partial charge in [0.15, 0.2) is 11.1 Å². The van der Waals surface area contributed by atoms with E-state index in [9.17, 15) is 9.59 Å². The van der Waals surface area contributed by atoms with Crippen molar-refractivity contribution in [2.75, 3.05) is 0 Å². The number of ether oxygens (including phenoxy) is 2. The first-order chi connectivity index (χ1) is 12.5. The molecule has 0 aromatic carbocycles. The molecule has 0 N–H and O–H groups in total. The highest BCUT2D eigenvalue weighted by Gasteiger charge is 2.11. The smallest absolute Gasteiger partial charge is 0.307 e. The zero-order chi connectivity index (χ0) is 19.6. The van der Waals surface area contributed by atoms with Crippen LogP contribution in [0.1, 0.15) is 104 Å². The van der Waals surface area contributed by atoms with Crippen LogP contribution in [0.2, 0.25) is 0 Å². The number of halogens is 2. The van der Waals surface area contributed by atoms with Gasteiger partial charge < -0.3 is 9.47 Å². The molecule has 0 amide bonds. The topological polar surface area (TPSA) is 52.6 Å². The van der Waals surface area contributed by atoms with Crippen LogP contribution in [0.4, 0.5) is 0 Å². The Morgan fingerprint density at radius 2 is 1.00 bits per heavy atom. The van der Waals surface area contributed by atoms with Gasteiger partial charge in [-0.2, -0.15) is 0 Å². The predicted molar refractivity (Wildman–Crippen MR) is 107 cm³/mol. The van der Waals surface area contributed by atoms with Crippen LogP contribution in [-0.2, 0) is 19.1 Å². The van der Waals surface area contributed by atoms with Gasteiger partial charge in [-0.15, -0.1) is 0 Å². The second-order valence-corrected chi connectivity index (χ2v) is 7.68. The SMILES string of the molecule is CCCCC(Cl)OC(=O)CCCCCCCCC(=O)OC(Cl)CCCC. The molecule has 0 heterocycles. The molecule has 0 spiro atoms. The van der Waals surface area contributed by atoms with Crippen LogP contribution in [-0.4, -0.2) is 23.1 Å². The first-order valence-corrected chi connectivity index (χ1v) is 11.0. The molecule has 0 rings (SSSR count). The number of hydrogen-bond acceptors (Lipinski definition) is 4. The van der Waals surface area contributed by atoms with Gasteiger partial charge in [-0.1, -0.05) is 75.6 Å². The molecule has 2 atom stereocenters. The molecule has 2 unspecified atom stereocenters. The fraction of sp³-hybridized carbons (Fsp3) is 0.900. The van der Waals surface area contributed by atoms with Gasteiger partial charge >= 0.3 is 11.9 Å². The summed E-state index contributed by atoms with van der Waals surface area (Å²) in [5.41, 5.74) is -0.978. The Balaban J connectivity index is 3.45. The minimum absolute atomic E-state index is 0.206. The van der Waals surface area contributed by atoms with Crippen LogP contribution in [0.3, 0.4) is 0 Å². The molecule has 0 saturated carbocycles. The quantitative estimate of drug-likeness (QED) is 0.152. The summed E-state index contributed by atoms with van der Waals surface area (Å²) in [5, 5.41) is 0. The van der Waals surface area contributed by atoms with Gasteiger partial charge in [-0.05, 0) is 38.5 Å². The first kappa shape index (κ1) is 25.5. The minimum atomic E-state index is -0.489. The third kappa shape index (κ3) is 17.0. The molecule has 154 valence electrons. The number of carbonyl (C=O) groups excluding carboxylic acids is 2. The molecule has 0 aliphatic heterocycles. The third-order valence-corrected chi connectivity index (χ3v) is 4.71. The Labute approximate surface area is 169 Å². The van der Waals surface area contributed by atoms with Gasteiger partial charge in [-0.3, -0.25) is 9.59 Å². The largest absolute Gasteiger partial charge is 0.446 e. The maximum absolute atomic E-state index is 11.6. The third-order valence-electron chi connectivity index (χ3n) is 4.10. The molecular weight excluding hydrogens is 375 g/mol. The van der Waals surface area contributed by atoms with Crippen LogP contribution in [0.5, 0.6) is 0 Å². The van der Waals surface area contributed by atoms with Crippen LogP contribution in [0, 0.1) is 0 Å². The van der Waals surface area contributed by atoms with Gasteiger partial charge in [0.05, 0.1) is 0 Å². The van der Waals surface area contributed by atoms with Crippen molar-refractivity contribution in [3.8, 4) is 0 Å². The summed E-state index contributed by atoms with van der Waals surface area (Å²) < 4.78 is 10.3. The zero-order valence-corrected chi connectivity index (χ0v) is 18.0. The lowest BCUT2D eigenvalue weighted by Crippen LogP contribution is -2.12. The van der Waals surface area contributed by atoms with E-state index in [1.165, 1.54) is 0 Å². The second-order valence-electron chi connectivity index (χ2n) is 6.71. The second kappa shape index (κ2) is 17.9. The summed E-state index contributed by atoms with van der Waals surface area (Å²) in [6.45, 7) is 4.16. The first-order valence-electron chi connectivity index (χ1n) is 10.2. The number of unbranched alkanes of at least 4 members (excludes halogenated alkanes) is 7. The van der Waals surface area contributed by atoms with Crippen molar-refractivity contribution in [2.24, 2.45) is 0 Å². The van der Waals surface area contributed by atoms with Crippen molar-refractivity contribution in [3.63, 3.8) is 0 Å². The maximum atomic E-state index is 11.6. The molecule has 0 aromatic rings. The summed E-state index contributed by atoms with van der Waals surface area (Å²) in [4.78, 5) is 23.2. The van der Waals surface area contributed by atoms with Gasteiger partial charge in [0, 0.05) is 12.8 Å². The summed E-state index contributed by atoms with van der Waals surface area (Å²) >= 11 is 11.9. The Kier molecular flexibility index (Phi) is 17.6. The van der Waals surface area contributed by atoms with Gasteiger partial charge in [-0.25, -0.2) is 0 Å². The Morgan fingerprint density at radius 1 is 0.654 bits per heavy atom. The zero-order valence-electron chi connectivity index (χ0n) is 16.4. The molecular formula is C20H36Cl2O4. The van der Waals surface area contributed by atoms with Crippen LogP contribution < -0.4 is 0 Å². The Morgan fingerprint density at radius 3 is 1.35 bits per heavy atom. The van der Waals surface area contributed by atoms with E-state index in [0.717, 1.165) is 77.0 Å². The van der Waals surface area contributed by atoms with Gasteiger partial charge in [0.1, 0.15) is 0 Å². The van der Waals surface area contributed by atoms with Crippen LogP contribution in [0.25, 0.3) is 0 Å². The lowest BCUT2D eigenvalue weighted by atomic mass is 10.1. The van der Waals surface area contributed by atoms with Crippen molar-refractivity contribution in [2.45, 2.75) is 115 Å². The van der Waals surface area contributed by atoms with E-state index in [-0.39, 0.29) is 11.9 Å². The van der Waals surface area contributed by atoms with Gasteiger partial charge in [0.25, 0.3) is 0 Å². The predicted octanol–water partition coefficient (Wildman–Crippen LogP) is 6.70. The van der Waals surface area contributed by atoms with Crippen LogP contribution >= 0.6 is 23.2 Å². The van der Waals surface area contributed by atoms with Crippen molar-refractivity contribution in [1.29, 1.82) is 0 Å². The number of hydrogen-bond donors (Lipinski definition) is 0. The Bertz CT molecular complexity index is 330. The van der Waals surface area contributed by atoms with E-state index in [2.05, 4.69) is 13.8 Å². The van der Waals surface area contributed by atoms with Crippen molar-refractivity contribution >= 4 is 35.1 Å². The summed E-state index contributed by atoms with van der Waals surface area (Å²) in [6, 6.07) is 0. The molecule has 0 aliphatic rings. The molecule has 0 saturated heterocycles. The molecule has 4 nitrogen and oxygen atoms in total. The van der Waals surface area contributed by atoms with E-state index in [1.807, 2.05) is 0 Å². The molecule has 26 heavy (non-hydrogen) atoms. The lowest BCUT2D eigenvalue weighted by molar-refractivity contribution is -0.146. The van der Waals surface area contributed by atoms with E-state index >= 15 is 0 Å². The van der Waals surface area contributed by atoms with E-state index in [1.54, 1.807) is 0 Å². The molecule has 0 bridgehead atoms. The molecule has 0 fully saturated rings. The molecule has 6 heteroatoms. The van der Waals surface area contributed by atoms with Crippen molar-refractivity contribution < 1.29 is 19.1 Å². The van der Waals surface area contributed by atoms with E-state index < -0.39 is 11.1 Å². The summed E-state index contributed by atoms with van der Waals surface area (Å²) in [7, 11) is 0. The number of rotatable bonds is 17. The average molecular weight is 411 g/mol. The highest BCUT2D eigenvalue weighted by atomic mass is 35.5. The number of carbonyl (C=O) groups is 2. The van der Waals surface area contributed by atoms with Crippen molar-refractivity contribution in [3.05, 3.63) is 0 Å². The highest BCUT2D eigenvalue weighted by Crippen LogP contribution is 2.14. The van der Waals surface area contributed by atoms with E-state index in [4.69, 9.17) is 32.7 Å². The maximum Gasteiger partial charge on any atom is 0.307 e.